The number of amides is 1. The van der Waals surface area contributed by atoms with Crippen LogP contribution in [-0.2, 0) is 28.3 Å². The molecule has 0 bridgehead atoms. The van der Waals surface area contributed by atoms with Crippen LogP contribution in [0.4, 0.5) is 26.3 Å². The van der Waals surface area contributed by atoms with Crippen molar-refractivity contribution in [2.75, 3.05) is 6.61 Å². The van der Waals surface area contributed by atoms with E-state index in [2.05, 4.69) is 4.98 Å². The van der Waals surface area contributed by atoms with Crippen molar-refractivity contribution in [2.24, 2.45) is 0 Å². The van der Waals surface area contributed by atoms with Crippen molar-refractivity contribution in [1.29, 1.82) is 0 Å². The van der Waals surface area contributed by atoms with E-state index in [9.17, 15) is 35.9 Å². The first-order chi connectivity index (χ1) is 17.3. The van der Waals surface area contributed by atoms with Crippen molar-refractivity contribution in [1.82, 2.24) is 9.88 Å². The van der Waals surface area contributed by atoms with Crippen LogP contribution in [0, 0.1) is 0 Å². The van der Waals surface area contributed by atoms with Crippen molar-refractivity contribution in [2.45, 2.75) is 45.1 Å². The number of esters is 1. The van der Waals surface area contributed by atoms with Gasteiger partial charge in [0.05, 0.1) is 34.6 Å². The molecule has 0 aliphatic carbocycles. The standard InChI is InChI=1S/C26H22F6N2O3/c1-3-10-37-24(36)19-13-34(14(2)11-17-16-6-4-5-7-21(16)33-22(17)19)23(35)18-12-15(25(27,28)29)8-9-20(18)26(30,31)32/h4-9,12-14,33H,3,10-11H2,1-2H3. The third-order valence-corrected chi connectivity index (χ3v) is 6.10. The highest BCUT2D eigenvalue weighted by molar-refractivity contribution is 6.18. The molecule has 0 saturated carbocycles. The van der Waals surface area contributed by atoms with Gasteiger partial charge in [0.2, 0.25) is 0 Å². The molecular formula is C26H22F6N2O3. The van der Waals surface area contributed by atoms with Crippen LogP contribution in [0.2, 0.25) is 0 Å². The van der Waals surface area contributed by atoms with E-state index in [1.54, 1.807) is 38.1 Å². The van der Waals surface area contributed by atoms with Gasteiger partial charge in [-0.2, -0.15) is 26.3 Å². The predicted octanol–water partition coefficient (Wildman–Crippen LogP) is 6.59. The highest BCUT2D eigenvalue weighted by atomic mass is 19.4. The second-order valence-electron chi connectivity index (χ2n) is 8.72. The molecule has 196 valence electrons. The molecule has 0 fully saturated rings. The molecule has 1 N–H and O–H groups in total. The van der Waals surface area contributed by atoms with E-state index in [0.29, 0.717) is 23.2 Å². The summed E-state index contributed by atoms with van der Waals surface area (Å²) in [7, 11) is 0. The number of aromatic amines is 1. The van der Waals surface area contributed by atoms with Crippen LogP contribution in [-0.4, -0.2) is 34.4 Å². The van der Waals surface area contributed by atoms with Gasteiger partial charge < -0.3 is 14.6 Å². The van der Waals surface area contributed by atoms with E-state index in [-0.39, 0.29) is 36.8 Å². The van der Waals surface area contributed by atoms with E-state index >= 15 is 0 Å². The van der Waals surface area contributed by atoms with Crippen molar-refractivity contribution >= 4 is 28.4 Å². The van der Waals surface area contributed by atoms with Gasteiger partial charge >= 0.3 is 18.3 Å². The summed E-state index contributed by atoms with van der Waals surface area (Å²) in [6, 6.07) is 7.04. The Morgan fingerprint density at radius 2 is 1.76 bits per heavy atom. The molecule has 5 nitrogen and oxygen atoms in total. The minimum atomic E-state index is -5.09. The van der Waals surface area contributed by atoms with Crippen LogP contribution in [0.5, 0.6) is 0 Å². The van der Waals surface area contributed by atoms with E-state index in [4.69, 9.17) is 4.74 Å². The zero-order chi connectivity index (χ0) is 27.1. The Bertz CT molecular complexity index is 1390. The number of halogens is 6. The van der Waals surface area contributed by atoms with Gasteiger partial charge in [-0.3, -0.25) is 4.79 Å². The maximum absolute atomic E-state index is 13.7. The number of rotatable bonds is 4. The van der Waals surface area contributed by atoms with Gasteiger partial charge in [0.25, 0.3) is 5.91 Å². The highest BCUT2D eigenvalue weighted by Gasteiger charge is 2.40. The molecule has 1 aliphatic rings. The lowest BCUT2D eigenvalue weighted by Crippen LogP contribution is -2.36. The predicted molar refractivity (Wildman–Crippen MR) is 123 cm³/mol. The van der Waals surface area contributed by atoms with Crippen molar-refractivity contribution in [3.8, 4) is 0 Å². The summed E-state index contributed by atoms with van der Waals surface area (Å²) in [6.45, 7) is 3.37. The van der Waals surface area contributed by atoms with Gasteiger partial charge in [-0.15, -0.1) is 0 Å². The number of ether oxygens (including phenoxy) is 1. The molecular weight excluding hydrogens is 502 g/mol. The molecule has 1 aliphatic heterocycles. The minimum Gasteiger partial charge on any atom is -0.462 e. The van der Waals surface area contributed by atoms with Crippen molar-refractivity contribution in [3.05, 3.63) is 76.6 Å². The molecule has 2 heterocycles. The number of hydrogen-bond acceptors (Lipinski definition) is 3. The molecule has 1 aromatic heterocycles. The number of para-hydroxylation sites is 1. The van der Waals surface area contributed by atoms with Crippen molar-refractivity contribution < 1.29 is 40.7 Å². The molecule has 0 radical (unpaired) electrons. The van der Waals surface area contributed by atoms with Crippen LogP contribution in [0.3, 0.4) is 0 Å². The fraction of sp³-hybridized carbons (Fsp3) is 0.308. The van der Waals surface area contributed by atoms with Gasteiger partial charge in [0, 0.05) is 23.1 Å². The number of fused-ring (bicyclic) bond motifs is 3. The first-order valence-corrected chi connectivity index (χ1v) is 11.4. The van der Waals surface area contributed by atoms with Gasteiger partial charge in [0.1, 0.15) is 0 Å². The Morgan fingerprint density at radius 3 is 2.41 bits per heavy atom. The molecule has 0 spiro atoms. The van der Waals surface area contributed by atoms with Crippen LogP contribution >= 0.6 is 0 Å². The third-order valence-electron chi connectivity index (χ3n) is 6.10. The first-order valence-electron chi connectivity index (χ1n) is 11.4. The Morgan fingerprint density at radius 1 is 1.05 bits per heavy atom. The second kappa shape index (κ2) is 9.60. The lowest BCUT2D eigenvalue weighted by atomic mass is 9.99. The average Bonchev–Trinajstić information content (AvgIpc) is 3.11. The van der Waals surface area contributed by atoms with Crippen LogP contribution in [0.15, 0.2) is 48.7 Å². The summed E-state index contributed by atoms with van der Waals surface area (Å²) in [5.41, 5.74) is -2.50. The Kier molecular flexibility index (Phi) is 6.83. The highest BCUT2D eigenvalue weighted by Crippen LogP contribution is 2.39. The number of carbonyl (C=O) groups is 2. The second-order valence-corrected chi connectivity index (χ2v) is 8.72. The number of benzene rings is 2. The molecule has 3 aromatic rings. The quantitative estimate of drug-likeness (QED) is 0.310. The molecule has 1 atom stereocenters. The number of hydrogen-bond donors (Lipinski definition) is 1. The number of nitrogens with one attached hydrogen (secondary N) is 1. The number of nitrogens with zero attached hydrogens (tertiary/aromatic N) is 1. The summed E-state index contributed by atoms with van der Waals surface area (Å²) in [5.74, 6) is -2.14. The molecule has 37 heavy (non-hydrogen) atoms. The Labute approximate surface area is 207 Å². The van der Waals surface area contributed by atoms with Crippen LogP contribution in [0.1, 0.15) is 53.0 Å². The topological polar surface area (TPSA) is 62.4 Å². The molecule has 4 rings (SSSR count). The lowest BCUT2D eigenvalue weighted by Gasteiger charge is -2.27. The van der Waals surface area contributed by atoms with Gasteiger partial charge in [-0.25, -0.2) is 4.79 Å². The summed E-state index contributed by atoms with van der Waals surface area (Å²) < 4.78 is 86.4. The van der Waals surface area contributed by atoms with Crippen LogP contribution < -0.4 is 0 Å². The normalized spacial score (nSPS) is 16.3. The Hall–Kier alpha value is -3.76. The van der Waals surface area contributed by atoms with Gasteiger partial charge in [-0.1, -0.05) is 25.1 Å². The van der Waals surface area contributed by atoms with Gasteiger partial charge in [-0.05, 0) is 49.6 Å². The summed E-state index contributed by atoms with van der Waals surface area (Å²) >= 11 is 0. The number of H-pyrrole nitrogens is 1. The fourth-order valence-corrected chi connectivity index (χ4v) is 4.34. The van der Waals surface area contributed by atoms with E-state index in [1.807, 2.05) is 0 Å². The summed E-state index contributed by atoms with van der Waals surface area (Å²) in [5, 5.41) is 0.739. The van der Waals surface area contributed by atoms with E-state index < -0.39 is 47.0 Å². The van der Waals surface area contributed by atoms with Gasteiger partial charge in [0.15, 0.2) is 0 Å². The van der Waals surface area contributed by atoms with Crippen LogP contribution in [0.25, 0.3) is 16.5 Å². The molecule has 2 aromatic carbocycles. The monoisotopic (exact) mass is 524 g/mol. The average molecular weight is 524 g/mol. The summed E-state index contributed by atoms with van der Waals surface area (Å²) in [6.07, 6.45) is -8.38. The van der Waals surface area contributed by atoms with E-state index in [1.165, 1.54) is 0 Å². The third kappa shape index (κ3) is 5.07. The zero-order valence-corrected chi connectivity index (χ0v) is 19.8. The maximum Gasteiger partial charge on any atom is 0.417 e. The fourth-order valence-electron chi connectivity index (χ4n) is 4.34. The number of alkyl halides is 6. The zero-order valence-electron chi connectivity index (χ0n) is 19.8. The molecule has 0 saturated heterocycles. The Balaban J connectivity index is 1.89. The smallest absolute Gasteiger partial charge is 0.417 e. The van der Waals surface area contributed by atoms with E-state index in [0.717, 1.165) is 16.5 Å². The number of aromatic nitrogens is 1. The lowest BCUT2D eigenvalue weighted by molar-refractivity contribution is -0.141. The molecule has 1 unspecified atom stereocenters. The molecule has 1 amide bonds. The SMILES string of the molecule is CCCOC(=O)C1=CN(C(=O)c2cc(C(F)(F)F)ccc2C(F)(F)F)C(C)Cc2c1[nH]c1ccccc21. The minimum absolute atomic E-state index is 0.0566. The largest absolute Gasteiger partial charge is 0.462 e. The number of carbonyl (C=O) groups excluding carboxylic acids is 2. The van der Waals surface area contributed by atoms with Crippen molar-refractivity contribution in [3.63, 3.8) is 0 Å². The first kappa shape index (κ1) is 26.3. The molecule has 11 heteroatoms. The maximum atomic E-state index is 13.7. The summed E-state index contributed by atoms with van der Waals surface area (Å²) in [4.78, 5) is 30.5.